The Kier molecular flexibility index (Phi) is 10.2. The molecule has 10 nitrogen and oxygen atoms in total. The van der Waals surface area contributed by atoms with E-state index in [1.54, 1.807) is 25.2 Å². The lowest BCUT2D eigenvalue weighted by molar-refractivity contribution is -0.137. The number of aliphatic imine (C=N–C) groups is 1. The highest BCUT2D eigenvalue weighted by Gasteiger charge is 2.47. The molecule has 2 atom stereocenters. The van der Waals surface area contributed by atoms with Gasteiger partial charge in [-0.1, -0.05) is 6.07 Å². The van der Waals surface area contributed by atoms with Crippen molar-refractivity contribution >= 4 is 27.7 Å². The highest BCUT2D eigenvalue weighted by Crippen LogP contribution is 2.35. The number of piperidine rings is 1. The second-order valence-corrected chi connectivity index (χ2v) is 15.0. The number of carbonyl (C=O) groups is 2. The van der Waals surface area contributed by atoms with Crippen LogP contribution in [-0.2, 0) is 33.8 Å². The van der Waals surface area contributed by atoms with E-state index < -0.39 is 45.4 Å². The molecular formula is C33H41F3N4O6S. The minimum atomic E-state index is -4.66. The number of aliphatic hydroxyl groups excluding tert-OH is 2. The predicted molar refractivity (Wildman–Crippen MR) is 169 cm³/mol. The lowest BCUT2D eigenvalue weighted by Gasteiger charge is -2.34. The molecule has 1 saturated heterocycles. The molecule has 0 saturated carbocycles. The van der Waals surface area contributed by atoms with Gasteiger partial charge in [0.05, 0.1) is 23.5 Å². The van der Waals surface area contributed by atoms with Crippen LogP contribution in [0.15, 0.2) is 41.4 Å². The number of halogens is 3. The third-order valence-corrected chi connectivity index (χ3v) is 11.4. The van der Waals surface area contributed by atoms with Gasteiger partial charge in [-0.3, -0.25) is 14.6 Å². The standard InChI is InChI=1S/C33H41F3N4O6S/c1-21-17-24-9-8-23(21)10-16-47(45,46)40-14-11-32(12-15-40)31(44)37-29(38-32)25-18-22(19-26(20-25)33(34,35)36)5-3-6-27(41)28(42)7-4-13-39(2)30(24)43/h8-9,17-20,27-28,41-42H,3-7,10-16H2,1-2H3,(H,37,38,44). The van der Waals surface area contributed by atoms with Crippen molar-refractivity contribution in [1.29, 1.82) is 0 Å². The SMILES string of the molecule is Cc1cc2ccc1CCS(=O)(=O)N1CCC3(CC1)N=C(NC3=O)c1cc(cc(C(F)(F)F)c1)CCCC(O)C(O)CCCN(C)C2=O. The molecule has 0 aliphatic carbocycles. The molecule has 7 bridgehead atoms. The van der Waals surface area contributed by atoms with E-state index in [0.717, 1.165) is 23.3 Å². The molecule has 1 spiro atoms. The van der Waals surface area contributed by atoms with Crippen molar-refractivity contribution in [2.45, 2.75) is 82.2 Å². The smallest absolute Gasteiger partial charge is 0.390 e. The maximum atomic E-state index is 13.9. The lowest BCUT2D eigenvalue weighted by atomic mass is 9.89. The van der Waals surface area contributed by atoms with Gasteiger partial charge in [-0.2, -0.15) is 13.2 Å². The molecule has 3 N–H and O–H groups in total. The van der Waals surface area contributed by atoms with Crippen LogP contribution in [0.1, 0.15) is 76.7 Å². The molecule has 1 fully saturated rings. The van der Waals surface area contributed by atoms with Crippen molar-refractivity contribution in [2.24, 2.45) is 4.99 Å². The van der Waals surface area contributed by atoms with Gasteiger partial charge in [0.25, 0.3) is 11.8 Å². The average molecular weight is 679 g/mol. The number of fused-ring (bicyclic) bond motifs is 2. The third-order valence-electron chi connectivity index (χ3n) is 9.49. The van der Waals surface area contributed by atoms with Crippen LogP contribution >= 0.6 is 0 Å². The highest BCUT2D eigenvalue weighted by atomic mass is 32.2. The monoisotopic (exact) mass is 678 g/mol. The number of benzene rings is 2. The summed E-state index contributed by atoms with van der Waals surface area (Å²) in [4.78, 5) is 32.3. The first kappa shape index (κ1) is 35.0. The van der Waals surface area contributed by atoms with Gasteiger partial charge in [-0.05, 0) is 105 Å². The number of amidine groups is 1. The highest BCUT2D eigenvalue weighted by molar-refractivity contribution is 7.89. The average Bonchev–Trinajstić information content (AvgIpc) is 3.33. The molecule has 5 aliphatic heterocycles. The summed E-state index contributed by atoms with van der Waals surface area (Å²) in [5, 5.41) is 23.7. The van der Waals surface area contributed by atoms with E-state index in [2.05, 4.69) is 10.3 Å². The summed E-state index contributed by atoms with van der Waals surface area (Å²) < 4.78 is 69.6. The van der Waals surface area contributed by atoms with Crippen LogP contribution in [0.4, 0.5) is 13.2 Å². The number of nitrogens with one attached hydrogen (secondary N) is 1. The number of carbonyl (C=O) groups excluding carboxylic acids is 2. The molecule has 2 aromatic rings. The van der Waals surface area contributed by atoms with Crippen LogP contribution in [-0.4, -0.2) is 95.7 Å². The fraction of sp³-hybridized carbons (Fsp3) is 0.545. The molecular weight excluding hydrogens is 637 g/mol. The van der Waals surface area contributed by atoms with Gasteiger partial charge < -0.3 is 20.4 Å². The Morgan fingerprint density at radius 1 is 0.936 bits per heavy atom. The Morgan fingerprint density at radius 3 is 2.28 bits per heavy atom. The van der Waals surface area contributed by atoms with E-state index in [-0.39, 0.29) is 74.7 Å². The largest absolute Gasteiger partial charge is 0.416 e. The van der Waals surface area contributed by atoms with Crippen molar-refractivity contribution in [3.8, 4) is 0 Å². The van der Waals surface area contributed by atoms with Crippen molar-refractivity contribution in [3.63, 3.8) is 0 Å². The maximum Gasteiger partial charge on any atom is 0.416 e. The number of hydrogen-bond donors (Lipinski definition) is 3. The normalized spacial score (nSPS) is 27.9. The van der Waals surface area contributed by atoms with Crippen molar-refractivity contribution in [1.82, 2.24) is 14.5 Å². The van der Waals surface area contributed by atoms with Crippen LogP contribution in [0, 0.1) is 6.92 Å². The van der Waals surface area contributed by atoms with E-state index in [1.807, 2.05) is 6.92 Å². The van der Waals surface area contributed by atoms with Gasteiger partial charge in [-0.15, -0.1) is 0 Å². The number of aliphatic hydroxyl groups is 2. The fourth-order valence-corrected chi connectivity index (χ4v) is 7.98. The molecule has 7 rings (SSSR count). The Morgan fingerprint density at radius 2 is 1.62 bits per heavy atom. The third kappa shape index (κ3) is 7.87. The zero-order valence-corrected chi connectivity index (χ0v) is 27.3. The van der Waals surface area contributed by atoms with Gasteiger partial charge in [-0.25, -0.2) is 12.7 Å². The molecule has 5 heterocycles. The Labute approximate surface area is 272 Å². The summed E-state index contributed by atoms with van der Waals surface area (Å²) in [6.45, 7) is 2.21. The molecule has 47 heavy (non-hydrogen) atoms. The summed E-state index contributed by atoms with van der Waals surface area (Å²) in [5.74, 6) is -0.865. The minimum absolute atomic E-state index is 0.0120. The number of amides is 2. The van der Waals surface area contributed by atoms with Crippen molar-refractivity contribution in [2.75, 3.05) is 32.4 Å². The summed E-state index contributed by atoms with van der Waals surface area (Å²) in [7, 11) is -2.06. The topological polar surface area (TPSA) is 140 Å². The first-order chi connectivity index (χ1) is 22.1. The molecule has 0 aromatic heterocycles. The first-order valence-electron chi connectivity index (χ1n) is 15.9. The van der Waals surface area contributed by atoms with E-state index in [4.69, 9.17) is 0 Å². The molecule has 256 valence electrons. The summed E-state index contributed by atoms with van der Waals surface area (Å²) in [5.41, 5.74) is 0.252. The van der Waals surface area contributed by atoms with E-state index >= 15 is 0 Å². The number of sulfonamides is 1. The van der Waals surface area contributed by atoms with E-state index in [9.17, 15) is 41.4 Å². The Balaban J connectivity index is 1.42. The summed E-state index contributed by atoms with van der Waals surface area (Å²) >= 11 is 0. The van der Waals surface area contributed by atoms with Crippen LogP contribution in [0.2, 0.25) is 0 Å². The van der Waals surface area contributed by atoms with Crippen LogP contribution in [0.25, 0.3) is 0 Å². The van der Waals surface area contributed by atoms with Crippen LogP contribution < -0.4 is 5.32 Å². The zero-order valence-electron chi connectivity index (χ0n) is 26.5. The van der Waals surface area contributed by atoms with E-state index in [1.165, 1.54) is 15.3 Å². The molecule has 0 radical (unpaired) electrons. The van der Waals surface area contributed by atoms with Gasteiger partial charge in [0.15, 0.2) is 0 Å². The second kappa shape index (κ2) is 13.7. The second-order valence-electron chi connectivity index (χ2n) is 12.9. The predicted octanol–water partition coefficient (Wildman–Crippen LogP) is 3.21. The molecule has 2 aromatic carbocycles. The molecule has 14 heteroatoms. The minimum Gasteiger partial charge on any atom is -0.390 e. The number of nitrogens with zero attached hydrogens (tertiary/aromatic N) is 3. The number of hydrogen-bond acceptors (Lipinski definition) is 7. The summed E-state index contributed by atoms with van der Waals surface area (Å²) in [6.07, 6.45) is -5.19. The van der Waals surface area contributed by atoms with Gasteiger partial charge >= 0.3 is 6.18 Å². The van der Waals surface area contributed by atoms with Gasteiger partial charge in [0.1, 0.15) is 11.4 Å². The number of alkyl halides is 3. The van der Waals surface area contributed by atoms with Gasteiger partial charge in [0.2, 0.25) is 10.0 Å². The summed E-state index contributed by atoms with van der Waals surface area (Å²) in [6, 6.07) is 8.64. The Hall–Kier alpha value is -3.33. The lowest BCUT2D eigenvalue weighted by Crippen LogP contribution is -2.50. The maximum absolute atomic E-state index is 13.9. The van der Waals surface area contributed by atoms with Gasteiger partial charge in [0, 0.05) is 37.8 Å². The zero-order chi connectivity index (χ0) is 34.1. The quantitative estimate of drug-likeness (QED) is 0.391. The fourth-order valence-electron chi connectivity index (χ4n) is 6.50. The molecule has 2 amide bonds. The van der Waals surface area contributed by atoms with Crippen LogP contribution in [0.5, 0.6) is 0 Å². The van der Waals surface area contributed by atoms with E-state index in [0.29, 0.717) is 30.5 Å². The van der Waals surface area contributed by atoms with Crippen molar-refractivity contribution < 1.29 is 41.4 Å². The first-order valence-corrected chi connectivity index (χ1v) is 17.5. The number of rotatable bonds is 0. The molecule has 2 unspecified atom stereocenters. The number of aryl methyl sites for hydroxylation is 3. The Bertz CT molecular complexity index is 1650. The molecule has 5 aliphatic rings. The van der Waals surface area contributed by atoms with Crippen LogP contribution in [0.3, 0.4) is 0 Å². The van der Waals surface area contributed by atoms with Crippen molar-refractivity contribution in [3.05, 3.63) is 69.8 Å².